The first-order chi connectivity index (χ1) is 8.46. The zero-order valence-corrected chi connectivity index (χ0v) is 10.7. The van der Waals surface area contributed by atoms with Gasteiger partial charge in [0, 0.05) is 19.0 Å². The van der Waals surface area contributed by atoms with Gasteiger partial charge in [-0.25, -0.2) is 18.7 Å². The summed E-state index contributed by atoms with van der Waals surface area (Å²) in [5.74, 6) is -2.26. The monoisotopic (exact) mass is 276 g/mol. The molecule has 18 heavy (non-hydrogen) atoms. The third kappa shape index (κ3) is 3.49. The third-order valence-electron chi connectivity index (χ3n) is 3.03. The molecule has 0 amide bonds. The van der Waals surface area contributed by atoms with Crippen molar-refractivity contribution in [3.8, 4) is 0 Å². The van der Waals surface area contributed by atoms with Crippen molar-refractivity contribution in [2.24, 2.45) is 5.92 Å². The Morgan fingerprint density at radius 2 is 2.17 bits per heavy atom. The molecule has 0 saturated carbocycles. The maximum absolute atomic E-state index is 13.1. The van der Waals surface area contributed by atoms with Crippen molar-refractivity contribution >= 4 is 17.5 Å². The first-order valence-electron chi connectivity index (χ1n) is 5.79. The third-order valence-corrected chi connectivity index (χ3v) is 3.23. The topological polar surface area (TPSA) is 49.8 Å². The van der Waals surface area contributed by atoms with Gasteiger partial charge in [0.25, 0.3) is 5.92 Å². The smallest absolute Gasteiger partial charge is 0.260 e. The summed E-state index contributed by atoms with van der Waals surface area (Å²) in [6.07, 6.45) is 2.89. The van der Waals surface area contributed by atoms with E-state index in [1.165, 1.54) is 12.4 Å². The highest BCUT2D eigenvalue weighted by Gasteiger charge is 2.38. The van der Waals surface area contributed by atoms with Crippen molar-refractivity contribution in [2.45, 2.75) is 25.3 Å². The van der Waals surface area contributed by atoms with Gasteiger partial charge in [0.2, 0.25) is 5.95 Å². The summed E-state index contributed by atoms with van der Waals surface area (Å²) in [5.41, 5.74) is 0. The molecule has 1 aliphatic heterocycles. The van der Waals surface area contributed by atoms with E-state index >= 15 is 0 Å². The van der Waals surface area contributed by atoms with Crippen LogP contribution in [0.1, 0.15) is 13.3 Å². The Hall–Kier alpha value is -1.01. The van der Waals surface area contributed by atoms with Gasteiger partial charge in [0.15, 0.2) is 0 Å². The second kappa shape index (κ2) is 5.32. The number of alkyl halides is 2. The maximum Gasteiger partial charge on any atom is 0.260 e. The van der Waals surface area contributed by atoms with Gasteiger partial charge in [-0.3, -0.25) is 0 Å². The van der Waals surface area contributed by atoms with E-state index in [0.29, 0.717) is 17.5 Å². The minimum absolute atomic E-state index is 0.0103. The summed E-state index contributed by atoms with van der Waals surface area (Å²) in [4.78, 5) is 7.97. The summed E-state index contributed by atoms with van der Waals surface area (Å²) in [7, 11) is 0. The lowest BCUT2D eigenvalue weighted by Gasteiger charge is -2.35. The molecule has 0 aliphatic carbocycles. The molecule has 1 saturated heterocycles. The van der Waals surface area contributed by atoms with Gasteiger partial charge in [-0.05, 0) is 5.92 Å². The van der Waals surface area contributed by atoms with E-state index in [1.807, 2.05) is 6.92 Å². The molecule has 2 unspecified atom stereocenters. The van der Waals surface area contributed by atoms with E-state index in [1.54, 1.807) is 0 Å². The molecule has 2 rings (SSSR count). The molecule has 2 heterocycles. The number of rotatable bonds is 3. The van der Waals surface area contributed by atoms with Gasteiger partial charge in [0.05, 0.1) is 24.0 Å². The normalized spacial score (nSPS) is 26.9. The highest BCUT2D eigenvalue weighted by Crippen LogP contribution is 2.28. The van der Waals surface area contributed by atoms with E-state index in [9.17, 15) is 8.78 Å². The fraction of sp³-hybridized carbons (Fsp3) is 0.636. The second-order valence-electron chi connectivity index (χ2n) is 4.63. The van der Waals surface area contributed by atoms with Crippen molar-refractivity contribution in [1.29, 1.82) is 0 Å². The van der Waals surface area contributed by atoms with E-state index in [4.69, 9.17) is 11.6 Å². The number of hydrogen-bond donors (Lipinski definition) is 2. The zero-order valence-electron chi connectivity index (χ0n) is 9.96. The Labute approximate surface area is 109 Å². The Bertz CT molecular complexity index is 399. The van der Waals surface area contributed by atoms with Crippen LogP contribution in [-0.2, 0) is 0 Å². The minimum Gasteiger partial charge on any atom is -0.353 e. The first kappa shape index (κ1) is 13.4. The van der Waals surface area contributed by atoms with E-state index < -0.39 is 5.92 Å². The molecule has 1 aromatic rings. The summed E-state index contributed by atoms with van der Waals surface area (Å²) < 4.78 is 26.2. The molecule has 0 spiro atoms. The molecule has 1 aliphatic rings. The predicted molar refractivity (Wildman–Crippen MR) is 66.1 cm³/mol. The molecule has 100 valence electrons. The van der Waals surface area contributed by atoms with Crippen LogP contribution in [0, 0.1) is 5.92 Å². The Balaban J connectivity index is 1.85. The molecular weight excluding hydrogens is 262 g/mol. The molecule has 1 fully saturated rings. The minimum atomic E-state index is -2.60. The maximum atomic E-state index is 13.1. The van der Waals surface area contributed by atoms with Crippen molar-refractivity contribution in [1.82, 2.24) is 15.3 Å². The van der Waals surface area contributed by atoms with E-state index in [0.717, 1.165) is 0 Å². The molecule has 0 aromatic carbocycles. The van der Waals surface area contributed by atoms with Crippen LogP contribution in [0.3, 0.4) is 0 Å². The largest absolute Gasteiger partial charge is 0.353 e. The van der Waals surface area contributed by atoms with Crippen molar-refractivity contribution in [2.75, 3.05) is 18.4 Å². The Kier molecular flexibility index (Phi) is 3.97. The summed E-state index contributed by atoms with van der Waals surface area (Å²) in [6, 6.07) is -0.0103. The van der Waals surface area contributed by atoms with Crippen molar-refractivity contribution in [3.05, 3.63) is 17.4 Å². The van der Waals surface area contributed by atoms with Gasteiger partial charge in [-0.1, -0.05) is 18.5 Å². The molecular formula is C11H15ClF2N4. The van der Waals surface area contributed by atoms with Crippen LogP contribution in [0.4, 0.5) is 14.7 Å². The first-order valence-corrected chi connectivity index (χ1v) is 6.17. The van der Waals surface area contributed by atoms with Crippen LogP contribution in [0.2, 0.25) is 5.02 Å². The van der Waals surface area contributed by atoms with Gasteiger partial charge >= 0.3 is 0 Å². The number of piperidine rings is 1. The fourth-order valence-corrected chi connectivity index (χ4v) is 2.14. The molecule has 0 radical (unpaired) electrons. The van der Waals surface area contributed by atoms with Crippen LogP contribution >= 0.6 is 11.6 Å². The van der Waals surface area contributed by atoms with Crippen LogP contribution in [0.15, 0.2) is 12.4 Å². The molecule has 1 aromatic heterocycles. The van der Waals surface area contributed by atoms with Crippen LogP contribution < -0.4 is 10.6 Å². The quantitative estimate of drug-likeness (QED) is 0.888. The highest BCUT2D eigenvalue weighted by atomic mass is 35.5. The average molecular weight is 277 g/mol. The molecule has 0 bridgehead atoms. The van der Waals surface area contributed by atoms with Gasteiger partial charge in [-0.2, -0.15) is 0 Å². The van der Waals surface area contributed by atoms with Gasteiger partial charge in [0.1, 0.15) is 0 Å². The summed E-state index contributed by atoms with van der Waals surface area (Å²) >= 11 is 5.67. The van der Waals surface area contributed by atoms with Crippen molar-refractivity contribution < 1.29 is 8.78 Å². The van der Waals surface area contributed by atoms with Crippen LogP contribution in [0.5, 0.6) is 0 Å². The lowest BCUT2D eigenvalue weighted by atomic mass is 9.90. The lowest BCUT2D eigenvalue weighted by Crippen LogP contribution is -2.52. The summed E-state index contributed by atoms with van der Waals surface area (Å²) in [5, 5.41) is 6.32. The van der Waals surface area contributed by atoms with Gasteiger partial charge in [-0.15, -0.1) is 0 Å². The number of halogens is 3. The molecule has 7 heteroatoms. The number of anilines is 1. The standard InChI is InChI=1S/C11H15ClF2N4/c1-7-2-11(13,14)6-18-9(7)5-17-10-15-3-8(12)4-16-10/h3-4,7,9,18H,2,5-6H2,1H3,(H,15,16,17). The number of aromatic nitrogens is 2. The predicted octanol–water partition coefficient (Wildman–Crippen LogP) is 2.18. The van der Waals surface area contributed by atoms with Gasteiger partial charge < -0.3 is 10.6 Å². The lowest BCUT2D eigenvalue weighted by molar-refractivity contribution is -0.0472. The number of nitrogens with zero attached hydrogens (tertiary/aromatic N) is 2. The molecule has 2 atom stereocenters. The average Bonchev–Trinajstić information content (AvgIpc) is 2.29. The van der Waals surface area contributed by atoms with E-state index in [-0.39, 0.29) is 24.9 Å². The summed E-state index contributed by atoms with van der Waals surface area (Å²) in [6.45, 7) is 2.05. The zero-order chi connectivity index (χ0) is 13.2. The van der Waals surface area contributed by atoms with Crippen molar-refractivity contribution in [3.63, 3.8) is 0 Å². The number of hydrogen-bond acceptors (Lipinski definition) is 4. The SMILES string of the molecule is CC1CC(F)(F)CNC1CNc1ncc(Cl)cn1. The molecule has 2 N–H and O–H groups in total. The van der Waals surface area contributed by atoms with E-state index in [2.05, 4.69) is 20.6 Å². The Morgan fingerprint density at radius 1 is 1.50 bits per heavy atom. The second-order valence-corrected chi connectivity index (χ2v) is 5.07. The highest BCUT2D eigenvalue weighted by molar-refractivity contribution is 6.30. The van der Waals surface area contributed by atoms with Crippen LogP contribution in [-0.4, -0.2) is 35.0 Å². The molecule has 4 nitrogen and oxygen atoms in total. The fourth-order valence-electron chi connectivity index (χ4n) is 2.05. The Morgan fingerprint density at radius 3 is 2.78 bits per heavy atom. The number of nitrogens with one attached hydrogen (secondary N) is 2. The van der Waals surface area contributed by atoms with Crippen LogP contribution in [0.25, 0.3) is 0 Å².